The largest absolute Gasteiger partial charge is 0.378 e. The van der Waals surface area contributed by atoms with E-state index < -0.39 is 12.0 Å². The molecule has 0 amide bonds. The summed E-state index contributed by atoms with van der Waals surface area (Å²) in [6.45, 7) is 3.27. The first-order chi connectivity index (χ1) is 15.4. The Morgan fingerprint density at radius 3 is 2.56 bits per heavy atom. The molecule has 4 heterocycles. The minimum absolute atomic E-state index is 0.205. The summed E-state index contributed by atoms with van der Waals surface area (Å²) < 4.78 is 26.9. The van der Waals surface area contributed by atoms with Crippen LogP contribution in [0.5, 0.6) is 0 Å². The molecule has 2 aliphatic rings. The van der Waals surface area contributed by atoms with E-state index in [1.807, 2.05) is 6.07 Å². The van der Waals surface area contributed by atoms with Crippen LogP contribution in [-0.4, -0.2) is 51.4 Å². The Balaban J connectivity index is 1.27. The van der Waals surface area contributed by atoms with Crippen molar-refractivity contribution in [2.75, 3.05) is 18.0 Å². The van der Waals surface area contributed by atoms with E-state index >= 15 is 0 Å². The molecule has 2 saturated heterocycles. The van der Waals surface area contributed by atoms with Gasteiger partial charge in [-0.15, -0.1) is 0 Å². The summed E-state index contributed by atoms with van der Waals surface area (Å²) in [6, 6.07) is 8.09. The molecule has 0 spiro atoms. The van der Waals surface area contributed by atoms with Crippen LogP contribution in [-0.2, 0) is 6.42 Å². The highest BCUT2D eigenvalue weighted by atomic mass is 19.1. The smallest absolute Gasteiger partial charge is 0.256 e. The maximum atomic E-state index is 13.7. The number of anilines is 1. The molecule has 1 aromatic carbocycles. The number of nitrogens with zero attached hydrogens (tertiary/aromatic N) is 3. The van der Waals surface area contributed by atoms with Gasteiger partial charge in [0.05, 0.1) is 11.6 Å². The molecular weight excluding hydrogens is 414 g/mol. The standard InChI is InChI=1S/C24H26F2N4O2/c1-14-8-16(26)9-21-20(14)10-17(28-24(21)32)3-7-23(31)30-18-4-5-19(30)13-29(12-18)22-6-2-15(25)11-27-22/h2,6,8-11,18-19,23,31H,3-5,7,12-13H2,1H3,(H,28,32). The third kappa shape index (κ3) is 3.89. The minimum atomic E-state index is -0.621. The number of halogens is 2. The van der Waals surface area contributed by atoms with E-state index in [4.69, 9.17) is 0 Å². The van der Waals surface area contributed by atoms with Gasteiger partial charge in [-0.2, -0.15) is 0 Å². The second kappa shape index (κ2) is 8.26. The third-order valence-corrected chi connectivity index (χ3v) is 6.78. The second-order valence-electron chi connectivity index (χ2n) is 8.90. The van der Waals surface area contributed by atoms with Crippen LogP contribution in [0.2, 0.25) is 0 Å². The number of hydrogen-bond donors (Lipinski definition) is 2. The van der Waals surface area contributed by atoms with Crippen molar-refractivity contribution < 1.29 is 13.9 Å². The van der Waals surface area contributed by atoms with Gasteiger partial charge in [-0.3, -0.25) is 9.69 Å². The lowest BCUT2D eigenvalue weighted by atomic mass is 10.0. The van der Waals surface area contributed by atoms with Crippen molar-refractivity contribution in [1.29, 1.82) is 0 Å². The second-order valence-corrected chi connectivity index (χ2v) is 8.90. The zero-order valence-corrected chi connectivity index (χ0v) is 17.9. The average molecular weight is 440 g/mol. The predicted molar refractivity (Wildman–Crippen MR) is 119 cm³/mol. The molecule has 3 atom stereocenters. The van der Waals surface area contributed by atoms with Gasteiger partial charge in [-0.05, 0) is 73.9 Å². The molecule has 0 aliphatic carbocycles. The highest BCUT2D eigenvalue weighted by Crippen LogP contribution is 2.34. The summed E-state index contributed by atoms with van der Waals surface area (Å²) >= 11 is 0. The van der Waals surface area contributed by atoms with Gasteiger partial charge in [-0.25, -0.2) is 13.8 Å². The lowest BCUT2D eigenvalue weighted by Gasteiger charge is -2.43. The number of aromatic nitrogens is 2. The van der Waals surface area contributed by atoms with Crippen molar-refractivity contribution in [2.24, 2.45) is 0 Å². The van der Waals surface area contributed by atoms with Crippen molar-refractivity contribution in [2.45, 2.75) is 50.9 Å². The highest BCUT2D eigenvalue weighted by Gasteiger charge is 2.43. The van der Waals surface area contributed by atoms with E-state index in [9.17, 15) is 18.7 Å². The fourth-order valence-electron chi connectivity index (χ4n) is 5.29. The Morgan fingerprint density at radius 1 is 1.12 bits per heavy atom. The van der Waals surface area contributed by atoms with E-state index in [1.165, 1.54) is 24.4 Å². The summed E-state index contributed by atoms with van der Waals surface area (Å²) in [6.07, 6.45) is 3.61. The Kier molecular flexibility index (Phi) is 5.43. The molecule has 2 N–H and O–H groups in total. The molecule has 2 aromatic heterocycles. The maximum Gasteiger partial charge on any atom is 0.256 e. The van der Waals surface area contributed by atoms with Crippen molar-refractivity contribution in [3.63, 3.8) is 0 Å². The summed E-state index contributed by atoms with van der Waals surface area (Å²) in [5.41, 5.74) is 1.14. The number of nitrogens with one attached hydrogen (secondary N) is 1. The Labute approximate surface area is 184 Å². The lowest BCUT2D eigenvalue weighted by Crippen LogP contribution is -2.57. The predicted octanol–water partition coefficient (Wildman–Crippen LogP) is 3.11. The number of hydrogen-bond acceptors (Lipinski definition) is 5. The fourth-order valence-corrected chi connectivity index (χ4v) is 5.29. The average Bonchev–Trinajstić information content (AvgIpc) is 3.03. The van der Waals surface area contributed by atoms with Crippen LogP contribution < -0.4 is 10.5 Å². The van der Waals surface area contributed by atoms with Crippen LogP contribution in [0.25, 0.3) is 10.8 Å². The van der Waals surface area contributed by atoms with E-state index in [2.05, 4.69) is 19.8 Å². The van der Waals surface area contributed by atoms with Gasteiger partial charge in [-0.1, -0.05) is 0 Å². The molecule has 8 heteroatoms. The molecular formula is C24H26F2N4O2. The normalized spacial score (nSPS) is 21.9. The molecule has 32 heavy (non-hydrogen) atoms. The number of piperazine rings is 1. The van der Waals surface area contributed by atoms with Gasteiger partial charge in [0.2, 0.25) is 0 Å². The molecule has 6 nitrogen and oxygen atoms in total. The molecule has 2 bridgehead atoms. The summed E-state index contributed by atoms with van der Waals surface area (Å²) in [5.74, 6) is -0.00930. The maximum absolute atomic E-state index is 13.7. The lowest BCUT2D eigenvalue weighted by molar-refractivity contribution is -0.0404. The van der Waals surface area contributed by atoms with Gasteiger partial charge >= 0.3 is 0 Å². The molecule has 3 aromatic rings. The number of H-pyrrole nitrogens is 1. The number of aliphatic hydroxyl groups excluding tert-OH is 1. The Bertz CT molecular complexity index is 1180. The Morgan fingerprint density at radius 2 is 1.88 bits per heavy atom. The van der Waals surface area contributed by atoms with Gasteiger partial charge in [0.25, 0.3) is 5.56 Å². The molecule has 0 saturated carbocycles. The van der Waals surface area contributed by atoms with Crippen LogP contribution in [0.3, 0.4) is 0 Å². The minimum Gasteiger partial charge on any atom is -0.378 e. The molecule has 2 fully saturated rings. The highest BCUT2D eigenvalue weighted by molar-refractivity contribution is 5.85. The van der Waals surface area contributed by atoms with Crippen molar-refractivity contribution in [3.05, 3.63) is 69.8 Å². The van der Waals surface area contributed by atoms with Crippen molar-refractivity contribution in [1.82, 2.24) is 14.9 Å². The van der Waals surface area contributed by atoms with Crippen LogP contribution in [0.1, 0.15) is 30.5 Å². The van der Waals surface area contributed by atoms with Gasteiger partial charge in [0.1, 0.15) is 23.7 Å². The number of benzene rings is 1. The number of aromatic amines is 1. The number of pyridine rings is 2. The first kappa shape index (κ1) is 21.0. The van der Waals surface area contributed by atoms with Crippen molar-refractivity contribution >= 4 is 16.6 Å². The zero-order chi connectivity index (χ0) is 22.4. The quantitative estimate of drug-likeness (QED) is 0.638. The van der Waals surface area contributed by atoms with E-state index in [0.29, 0.717) is 18.2 Å². The number of rotatable bonds is 5. The number of aliphatic hydroxyl groups is 1. The fraction of sp³-hybridized carbons (Fsp3) is 0.417. The van der Waals surface area contributed by atoms with Crippen LogP contribution >= 0.6 is 0 Å². The number of fused-ring (bicyclic) bond motifs is 3. The van der Waals surface area contributed by atoms with E-state index in [0.717, 1.165) is 48.4 Å². The Hall–Kier alpha value is -2.84. The van der Waals surface area contributed by atoms with Crippen LogP contribution in [0.4, 0.5) is 14.6 Å². The molecule has 5 rings (SSSR count). The number of aryl methyl sites for hydroxylation is 2. The molecule has 3 unspecified atom stereocenters. The molecule has 168 valence electrons. The molecule has 2 aliphatic heterocycles. The van der Waals surface area contributed by atoms with Crippen LogP contribution in [0, 0.1) is 18.6 Å². The van der Waals surface area contributed by atoms with Gasteiger partial charge in [0.15, 0.2) is 0 Å². The summed E-state index contributed by atoms with van der Waals surface area (Å²) in [7, 11) is 0. The van der Waals surface area contributed by atoms with Gasteiger partial charge in [0, 0.05) is 30.9 Å². The molecule has 0 radical (unpaired) electrons. The first-order valence-corrected chi connectivity index (χ1v) is 11.0. The topological polar surface area (TPSA) is 72.5 Å². The van der Waals surface area contributed by atoms with E-state index in [-0.39, 0.29) is 23.5 Å². The third-order valence-electron chi connectivity index (χ3n) is 6.78. The van der Waals surface area contributed by atoms with Gasteiger partial charge < -0.3 is 15.0 Å². The zero-order valence-electron chi connectivity index (χ0n) is 17.9. The SMILES string of the molecule is Cc1cc(F)cc2c(=O)[nH]c(CCC(O)N3C4CCC3CN(c3ccc(F)cn3)C4)cc12. The first-order valence-electron chi connectivity index (χ1n) is 11.0. The van der Waals surface area contributed by atoms with Crippen molar-refractivity contribution in [3.8, 4) is 0 Å². The monoisotopic (exact) mass is 440 g/mol. The van der Waals surface area contributed by atoms with E-state index in [1.54, 1.807) is 13.0 Å². The van der Waals surface area contributed by atoms with Crippen LogP contribution in [0.15, 0.2) is 41.3 Å². The summed E-state index contributed by atoms with van der Waals surface area (Å²) in [4.78, 5) is 23.8. The summed E-state index contributed by atoms with van der Waals surface area (Å²) in [5, 5.41) is 12.1.